The second-order valence-electron chi connectivity index (χ2n) is 8.72. The highest BCUT2D eigenvalue weighted by molar-refractivity contribution is 7.15. The Morgan fingerprint density at radius 2 is 1.82 bits per heavy atom. The fourth-order valence-electron chi connectivity index (χ4n) is 3.62. The molecular formula is C22H31NO4S. The van der Waals surface area contributed by atoms with Crippen molar-refractivity contribution in [2.75, 3.05) is 18.5 Å². The molecule has 3 rings (SSSR count). The largest absolute Gasteiger partial charge is 0.477 e. The highest BCUT2D eigenvalue weighted by Crippen LogP contribution is 2.31. The van der Waals surface area contributed by atoms with Crippen LogP contribution in [0.25, 0.3) is 0 Å². The maximum atomic E-state index is 11.6. The van der Waals surface area contributed by atoms with Crippen LogP contribution in [0.1, 0.15) is 73.8 Å². The van der Waals surface area contributed by atoms with Crippen molar-refractivity contribution in [1.82, 2.24) is 0 Å². The highest BCUT2D eigenvalue weighted by Gasteiger charge is 2.26. The van der Waals surface area contributed by atoms with Crippen molar-refractivity contribution < 1.29 is 19.4 Å². The van der Waals surface area contributed by atoms with Gasteiger partial charge in [-0.15, -0.1) is 11.3 Å². The molecule has 0 atom stereocenters. The van der Waals surface area contributed by atoms with E-state index in [1.165, 1.54) is 11.3 Å². The van der Waals surface area contributed by atoms with E-state index in [2.05, 4.69) is 17.2 Å². The van der Waals surface area contributed by atoms with Crippen molar-refractivity contribution in [1.29, 1.82) is 0 Å². The molecule has 1 saturated carbocycles. The number of aromatic carboxylic acids is 1. The van der Waals surface area contributed by atoms with Gasteiger partial charge in [-0.2, -0.15) is 0 Å². The summed E-state index contributed by atoms with van der Waals surface area (Å²) in [5.74, 6) is 5.41. The first-order valence-electron chi connectivity index (χ1n) is 10.2. The first-order chi connectivity index (χ1) is 13.3. The summed E-state index contributed by atoms with van der Waals surface area (Å²) in [6, 6.07) is 2.17. The van der Waals surface area contributed by atoms with Gasteiger partial charge < -0.3 is 19.9 Å². The molecule has 28 heavy (non-hydrogen) atoms. The number of carboxylic acid groups (broad SMARTS) is 1. The van der Waals surface area contributed by atoms with Crippen molar-refractivity contribution in [3.63, 3.8) is 0 Å². The predicted octanol–water partition coefficient (Wildman–Crippen LogP) is 4.76. The van der Waals surface area contributed by atoms with E-state index in [1.54, 1.807) is 0 Å². The molecule has 0 unspecified atom stereocenters. The molecule has 1 aliphatic carbocycles. The van der Waals surface area contributed by atoms with Gasteiger partial charge in [-0.25, -0.2) is 4.79 Å². The summed E-state index contributed by atoms with van der Waals surface area (Å²) in [4.78, 5) is 12.8. The number of anilines is 1. The molecule has 5 nitrogen and oxygen atoms in total. The lowest BCUT2D eigenvalue weighted by atomic mass is 9.92. The third-order valence-electron chi connectivity index (χ3n) is 5.07. The Bertz CT molecular complexity index is 726. The van der Waals surface area contributed by atoms with E-state index in [9.17, 15) is 9.90 Å². The molecule has 2 N–H and O–H groups in total. The lowest BCUT2D eigenvalue weighted by molar-refractivity contribution is -0.0787. The molecule has 2 heterocycles. The van der Waals surface area contributed by atoms with Gasteiger partial charge in [0.15, 0.2) is 0 Å². The van der Waals surface area contributed by atoms with Crippen LogP contribution in [-0.2, 0) is 9.47 Å². The fourth-order valence-corrected chi connectivity index (χ4v) is 4.43. The van der Waals surface area contributed by atoms with Crippen LogP contribution in [0.15, 0.2) is 6.07 Å². The van der Waals surface area contributed by atoms with Gasteiger partial charge in [0.1, 0.15) is 4.88 Å². The first kappa shape index (κ1) is 21.2. The molecule has 1 aromatic rings. The van der Waals surface area contributed by atoms with E-state index >= 15 is 0 Å². The quantitative estimate of drug-likeness (QED) is 0.691. The van der Waals surface area contributed by atoms with E-state index in [4.69, 9.17) is 9.47 Å². The normalized spacial score (nSPS) is 23.7. The summed E-state index contributed by atoms with van der Waals surface area (Å²) in [6.07, 6.45) is 6.65. The summed E-state index contributed by atoms with van der Waals surface area (Å²) in [6.45, 7) is 7.75. The average Bonchev–Trinajstić information content (AvgIpc) is 3.05. The van der Waals surface area contributed by atoms with Crippen LogP contribution in [0.4, 0.5) is 5.69 Å². The first-order valence-corrected chi connectivity index (χ1v) is 11.0. The smallest absolute Gasteiger partial charge is 0.348 e. The molecule has 1 saturated heterocycles. The molecule has 0 amide bonds. The van der Waals surface area contributed by atoms with Gasteiger partial charge >= 0.3 is 5.97 Å². The monoisotopic (exact) mass is 405 g/mol. The van der Waals surface area contributed by atoms with Crippen LogP contribution < -0.4 is 5.32 Å². The minimum Gasteiger partial charge on any atom is -0.477 e. The van der Waals surface area contributed by atoms with Crippen molar-refractivity contribution in [3.8, 4) is 11.8 Å². The molecule has 154 valence electrons. The Balaban J connectivity index is 1.57. The molecule has 6 heteroatoms. The number of thiophene rings is 1. The van der Waals surface area contributed by atoms with E-state index in [0.29, 0.717) is 22.8 Å². The topological polar surface area (TPSA) is 67.8 Å². The van der Waals surface area contributed by atoms with Gasteiger partial charge in [-0.3, -0.25) is 0 Å². The highest BCUT2D eigenvalue weighted by atomic mass is 32.1. The van der Waals surface area contributed by atoms with Gasteiger partial charge in [0.25, 0.3) is 0 Å². The molecule has 0 radical (unpaired) electrons. The molecule has 2 aliphatic rings. The van der Waals surface area contributed by atoms with E-state index < -0.39 is 5.97 Å². The lowest BCUT2D eigenvalue weighted by Crippen LogP contribution is -2.34. The van der Waals surface area contributed by atoms with E-state index in [0.717, 1.165) is 56.6 Å². The van der Waals surface area contributed by atoms with Crippen LogP contribution in [0.5, 0.6) is 0 Å². The maximum Gasteiger partial charge on any atom is 0.348 e. The lowest BCUT2D eigenvalue weighted by Gasteiger charge is -2.33. The van der Waals surface area contributed by atoms with Gasteiger partial charge in [0, 0.05) is 24.7 Å². The van der Waals surface area contributed by atoms with Crippen LogP contribution in [0.2, 0.25) is 0 Å². The van der Waals surface area contributed by atoms with E-state index in [-0.39, 0.29) is 11.5 Å². The summed E-state index contributed by atoms with van der Waals surface area (Å²) < 4.78 is 11.6. The molecule has 2 fully saturated rings. The molecule has 0 spiro atoms. The Morgan fingerprint density at radius 1 is 1.18 bits per heavy atom. The Morgan fingerprint density at radius 3 is 2.43 bits per heavy atom. The zero-order valence-corrected chi connectivity index (χ0v) is 17.9. The second kappa shape index (κ2) is 9.30. The summed E-state index contributed by atoms with van der Waals surface area (Å²) in [5.41, 5.74) is 0.591. The summed E-state index contributed by atoms with van der Waals surface area (Å²) in [7, 11) is 0. The molecule has 0 bridgehead atoms. The molecule has 1 aliphatic heterocycles. The van der Waals surface area contributed by atoms with Crippen LogP contribution in [0, 0.1) is 17.3 Å². The number of ether oxygens (including phenoxy) is 2. The van der Waals surface area contributed by atoms with Crippen molar-refractivity contribution in [2.45, 2.75) is 77.5 Å². The number of carboxylic acids is 1. The number of hydrogen-bond acceptors (Lipinski definition) is 5. The van der Waals surface area contributed by atoms with Crippen molar-refractivity contribution in [3.05, 3.63) is 15.8 Å². The SMILES string of the molecule is CC(C)(C)C#Cc1cc(N[C@H]2CC[C@H](OC3CCOCC3)CC2)c(C(=O)O)s1. The average molecular weight is 406 g/mol. The molecular weight excluding hydrogens is 374 g/mol. The maximum absolute atomic E-state index is 11.6. The van der Waals surface area contributed by atoms with Gasteiger partial charge in [-0.05, 0) is 65.4 Å². The van der Waals surface area contributed by atoms with Crippen LogP contribution >= 0.6 is 11.3 Å². The van der Waals surface area contributed by atoms with Crippen molar-refractivity contribution >= 4 is 23.0 Å². The number of nitrogens with one attached hydrogen (secondary N) is 1. The van der Waals surface area contributed by atoms with Gasteiger partial charge in [0.05, 0.1) is 22.8 Å². The van der Waals surface area contributed by atoms with E-state index in [1.807, 2.05) is 26.8 Å². The minimum absolute atomic E-state index is 0.107. The third kappa shape index (κ3) is 6.23. The summed E-state index contributed by atoms with van der Waals surface area (Å²) in [5, 5.41) is 13.0. The fraction of sp³-hybridized carbons (Fsp3) is 0.682. The number of rotatable bonds is 5. The van der Waals surface area contributed by atoms with Gasteiger partial charge in [-0.1, -0.05) is 11.8 Å². The zero-order valence-electron chi connectivity index (χ0n) is 17.0. The zero-order chi connectivity index (χ0) is 20.1. The van der Waals surface area contributed by atoms with Crippen molar-refractivity contribution in [2.24, 2.45) is 5.41 Å². The third-order valence-corrected chi connectivity index (χ3v) is 6.11. The number of carbonyl (C=O) groups is 1. The number of hydrogen-bond donors (Lipinski definition) is 2. The van der Waals surface area contributed by atoms with Gasteiger partial charge in [0.2, 0.25) is 0 Å². The Hall–Kier alpha value is -1.55. The van der Waals surface area contributed by atoms with Crippen LogP contribution in [-0.4, -0.2) is 42.5 Å². The standard InChI is InChI=1S/C22H31NO4S/c1-22(2,3)11-8-18-14-19(20(28-18)21(24)25)23-15-4-6-16(7-5-15)27-17-9-12-26-13-10-17/h14-17,23H,4-7,9-10,12-13H2,1-3H3,(H,24,25)/t15-,16-. The molecule has 1 aromatic heterocycles. The van der Waals surface area contributed by atoms with Crippen LogP contribution in [0.3, 0.4) is 0 Å². The predicted molar refractivity (Wildman–Crippen MR) is 112 cm³/mol. The second-order valence-corrected chi connectivity index (χ2v) is 9.78. The summed E-state index contributed by atoms with van der Waals surface area (Å²) >= 11 is 1.25. The Kier molecular flexibility index (Phi) is 7.03. The minimum atomic E-state index is -0.896. The Labute approximate surface area is 171 Å². The molecule has 0 aromatic carbocycles.